The molecule has 4 unspecified atom stereocenters. The highest BCUT2D eigenvalue weighted by Gasteiger charge is 2.42. The van der Waals surface area contributed by atoms with E-state index in [2.05, 4.69) is 0 Å². The molecule has 2 aliphatic rings. The number of ketones is 2. The standard InChI is InChI=1S/C37H36O9.C24H22O6.C13H16O4/c1-41-25-44-32-22-28(20-21-31(32)42-23-26-12-4-2-5-13-26)36-37(35(40)29-16-8-9-17-30(29)45-36)46-34(39)19-11-10-18-33(38)43-24-27-14-6-3-7-15-27;1-27-15-29-21-13-17(11-12-20(21)28-14-16-7-3-2-4-8-16)24-23(26)22(25)18-9-5-6-10-19(18)30-24;14-12(15)8-4-5-9-13(16)17-10-11-6-2-1-3-7-11/h2-9,12-17,20-22,36-37H,10-11,18-19,23-25H2,1H3;2-13,23-24,26H,14-15H2,1H3;1-3,6-7H,4-5,8-10H2,(H,14,15). The minimum atomic E-state index is -1.31. The van der Waals surface area contributed by atoms with E-state index in [9.17, 15) is 33.9 Å². The van der Waals surface area contributed by atoms with Crippen molar-refractivity contribution >= 4 is 35.4 Å². The van der Waals surface area contributed by atoms with Gasteiger partial charge < -0.3 is 62.3 Å². The van der Waals surface area contributed by atoms with Gasteiger partial charge in [0.15, 0.2) is 60.7 Å². The maximum atomic E-state index is 13.6. The van der Waals surface area contributed by atoms with E-state index in [1.807, 2.05) is 121 Å². The minimum Gasteiger partial charge on any atom is -0.485 e. The molecule has 19 nitrogen and oxygen atoms in total. The molecule has 0 bridgehead atoms. The molecule has 19 heteroatoms. The summed E-state index contributed by atoms with van der Waals surface area (Å²) >= 11 is 0. The highest BCUT2D eigenvalue weighted by Crippen LogP contribution is 2.41. The van der Waals surface area contributed by atoms with Crippen LogP contribution in [0.15, 0.2) is 206 Å². The molecule has 2 N–H and O–H groups in total. The molecule has 0 aliphatic carbocycles. The number of carboxylic acid groups (broad SMARTS) is 1. The first-order chi connectivity index (χ1) is 45.4. The summed E-state index contributed by atoms with van der Waals surface area (Å²) in [6.45, 7) is 1.17. The molecule has 0 amide bonds. The van der Waals surface area contributed by atoms with Crippen LogP contribution in [0.2, 0.25) is 0 Å². The highest BCUT2D eigenvalue weighted by atomic mass is 16.7. The number of aliphatic carboxylic acids is 1. The number of esters is 3. The lowest BCUT2D eigenvalue weighted by Gasteiger charge is -2.32. The molecule has 8 aromatic carbocycles. The number of carboxylic acids is 1. The number of aliphatic hydroxyl groups is 1. The molecule has 10 rings (SSSR count). The third kappa shape index (κ3) is 21.4. The van der Waals surface area contributed by atoms with Crippen LogP contribution in [0.5, 0.6) is 34.5 Å². The summed E-state index contributed by atoms with van der Waals surface area (Å²) in [5.74, 6) is -0.0956. The van der Waals surface area contributed by atoms with Gasteiger partial charge in [-0.3, -0.25) is 28.8 Å². The SMILES string of the molecule is COCOc1cc(C2Oc3ccccc3C(=O)C2O)ccc1OCc1ccccc1.COCOc1cc(C2Oc3ccccc3C(=O)C2OC(=O)CCCCC(=O)OCc2ccccc2)ccc1OCc1ccccc1.O=C(O)CCCCC(=O)OCc1ccccc1. The van der Waals surface area contributed by atoms with Gasteiger partial charge in [0.1, 0.15) is 37.9 Å². The second-order valence-electron chi connectivity index (χ2n) is 21.3. The lowest BCUT2D eigenvalue weighted by Crippen LogP contribution is -2.40. The lowest BCUT2D eigenvalue weighted by molar-refractivity contribution is -0.152. The molecule has 2 heterocycles. The molecule has 0 radical (unpaired) electrons. The highest BCUT2D eigenvalue weighted by molar-refractivity contribution is 6.04. The fourth-order valence-corrected chi connectivity index (χ4v) is 9.63. The number of fused-ring (bicyclic) bond motifs is 2. The van der Waals surface area contributed by atoms with Crippen LogP contribution in [0.4, 0.5) is 0 Å². The third-order valence-corrected chi connectivity index (χ3v) is 14.4. The van der Waals surface area contributed by atoms with Crippen molar-refractivity contribution in [3.8, 4) is 34.5 Å². The van der Waals surface area contributed by atoms with Crippen LogP contribution in [-0.2, 0) is 69.3 Å². The summed E-state index contributed by atoms with van der Waals surface area (Å²) in [6.07, 6.45) is -1.85. The van der Waals surface area contributed by atoms with Crippen molar-refractivity contribution in [1.82, 2.24) is 0 Å². The van der Waals surface area contributed by atoms with E-state index in [-0.39, 0.29) is 76.0 Å². The van der Waals surface area contributed by atoms with Crippen LogP contribution in [0, 0.1) is 0 Å². The van der Waals surface area contributed by atoms with E-state index < -0.39 is 36.4 Å². The maximum absolute atomic E-state index is 13.6. The number of carbonyl (C=O) groups is 6. The molecule has 0 saturated carbocycles. The zero-order chi connectivity index (χ0) is 65.6. The van der Waals surface area contributed by atoms with Gasteiger partial charge in [0.25, 0.3) is 0 Å². The van der Waals surface area contributed by atoms with Crippen molar-refractivity contribution in [2.24, 2.45) is 0 Å². The fraction of sp³-hybridized carbons (Fsp3) is 0.270. The lowest BCUT2D eigenvalue weighted by atomic mass is 9.93. The van der Waals surface area contributed by atoms with Crippen molar-refractivity contribution in [3.63, 3.8) is 0 Å². The fourth-order valence-electron chi connectivity index (χ4n) is 9.63. The van der Waals surface area contributed by atoms with Crippen molar-refractivity contribution in [2.45, 2.75) is 102 Å². The molecule has 93 heavy (non-hydrogen) atoms. The van der Waals surface area contributed by atoms with Gasteiger partial charge in [0.05, 0.1) is 11.1 Å². The Kier molecular flexibility index (Phi) is 26.9. The van der Waals surface area contributed by atoms with Crippen LogP contribution >= 0.6 is 0 Å². The Labute approximate surface area is 539 Å². The number of benzene rings is 8. The van der Waals surface area contributed by atoms with Crippen molar-refractivity contribution in [3.05, 3.63) is 251 Å². The number of rotatable bonds is 29. The van der Waals surface area contributed by atoms with E-state index in [0.717, 1.165) is 22.3 Å². The topological polar surface area (TPSA) is 244 Å². The number of carbonyl (C=O) groups excluding carboxylic acids is 5. The smallest absolute Gasteiger partial charge is 0.306 e. The van der Waals surface area contributed by atoms with E-state index in [0.29, 0.717) is 95.6 Å². The number of hydrogen-bond acceptors (Lipinski definition) is 18. The molecular weight excluding hydrogens is 1190 g/mol. The first kappa shape index (κ1) is 68.6. The van der Waals surface area contributed by atoms with E-state index in [1.54, 1.807) is 84.9 Å². The van der Waals surface area contributed by atoms with Crippen molar-refractivity contribution in [2.75, 3.05) is 27.8 Å². The number of unbranched alkanes of at least 4 members (excludes halogenated alkanes) is 2. The Bertz CT molecular complexity index is 3680. The number of Topliss-reactive ketones (excluding diaryl/α,β-unsaturated/α-hetero) is 2. The zero-order valence-corrected chi connectivity index (χ0v) is 51.7. The van der Waals surface area contributed by atoms with Gasteiger partial charge in [-0.25, -0.2) is 0 Å². The normalized spacial score (nSPS) is 15.1. The molecular formula is C74H74O19. The van der Waals surface area contributed by atoms with Gasteiger partial charge in [0.2, 0.25) is 11.9 Å². The van der Waals surface area contributed by atoms with E-state index in [1.165, 1.54) is 14.2 Å². The van der Waals surface area contributed by atoms with Crippen molar-refractivity contribution < 1.29 is 91.1 Å². The first-order valence-corrected chi connectivity index (χ1v) is 30.3. The predicted molar refractivity (Wildman–Crippen MR) is 341 cm³/mol. The number of ether oxygens (including phenoxy) is 11. The van der Waals surface area contributed by atoms with Gasteiger partial charge >= 0.3 is 23.9 Å². The second-order valence-corrected chi connectivity index (χ2v) is 21.3. The minimum absolute atomic E-state index is 0.0264. The maximum Gasteiger partial charge on any atom is 0.306 e. The van der Waals surface area contributed by atoms with Gasteiger partial charge in [-0.15, -0.1) is 0 Å². The predicted octanol–water partition coefficient (Wildman–Crippen LogP) is 13.1. The number of hydrogen-bond donors (Lipinski definition) is 2. The Balaban J connectivity index is 0.000000201. The number of methoxy groups -OCH3 is 2. The van der Waals surface area contributed by atoms with Gasteiger partial charge in [-0.05, 0) is 102 Å². The summed E-state index contributed by atoms with van der Waals surface area (Å²) in [4.78, 5) is 72.9. The Morgan fingerprint density at radius 1 is 0.409 bits per heavy atom. The van der Waals surface area contributed by atoms with Crippen LogP contribution in [0.25, 0.3) is 0 Å². The molecule has 0 aromatic heterocycles. The summed E-state index contributed by atoms with van der Waals surface area (Å²) in [5.41, 5.74) is 5.72. The van der Waals surface area contributed by atoms with Crippen LogP contribution in [0.1, 0.15) is 118 Å². The Morgan fingerprint density at radius 2 is 0.785 bits per heavy atom. The molecule has 484 valence electrons. The summed E-state index contributed by atoms with van der Waals surface area (Å²) < 4.78 is 61.9. The monoisotopic (exact) mass is 1270 g/mol. The largest absolute Gasteiger partial charge is 0.485 e. The quantitative estimate of drug-likeness (QED) is 0.0191. The summed E-state index contributed by atoms with van der Waals surface area (Å²) in [5, 5.41) is 19.0. The van der Waals surface area contributed by atoms with E-state index >= 15 is 0 Å². The average molecular weight is 1270 g/mol. The molecule has 0 spiro atoms. The first-order valence-electron chi connectivity index (χ1n) is 30.3. The molecule has 0 fully saturated rings. The van der Waals surface area contributed by atoms with Crippen molar-refractivity contribution in [1.29, 1.82) is 0 Å². The molecule has 4 atom stereocenters. The summed E-state index contributed by atoms with van der Waals surface area (Å²) in [6, 6.07) is 62.5. The Hall–Kier alpha value is -10.3. The summed E-state index contributed by atoms with van der Waals surface area (Å²) in [7, 11) is 3.04. The Morgan fingerprint density at radius 3 is 1.23 bits per heavy atom. The van der Waals surface area contributed by atoms with Gasteiger partial charge in [-0.2, -0.15) is 0 Å². The number of para-hydroxylation sites is 2. The van der Waals surface area contributed by atoms with Crippen LogP contribution < -0.4 is 28.4 Å². The molecule has 0 saturated heterocycles. The van der Waals surface area contributed by atoms with Crippen LogP contribution in [-0.4, -0.2) is 85.7 Å². The van der Waals surface area contributed by atoms with E-state index in [4.69, 9.17) is 57.2 Å². The molecule has 8 aromatic rings. The zero-order valence-electron chi connectivity index (χ0n) is 51.7. The van der Waals surface area contributed by atoms with Gasteiger partial charge in [-0.1, -0.05) is 158 Å². The number of aliphatic hydroxyl groups excluding tert-OH is 1. The van der Waals surface area contributed by atoms with Gasteiger partial charge in [0, 0.05) is 45.5 Å². The van der Waals surface area contributed by atoms with Crippen LogP contribution in [0.3, 0.4) is 0 Å². The average Bonchev–Trinajstić information content (AvgIpc) is 0.845. The third-order valence-electron chi connectivity index (χ3n) is 14.4. The second kappa shape index (κ2) is 36.5. The molecule has 2 aliphatic heterocycles.